The Balaban J connectivity index is 2.04. The van der Waals surface area contributed by atoms with E-state index in [0.29, 0.717) is 31.7 Å². The van der Waals surface area contributed by atoms with E-state index in [1.54, 1.807) is 29.2 Å². The first kappa shape index (κ1) is 14.4. The van der Waals surface area contributed by atoms with Gasteiger partial charge in [0, 0.05) is 18.7 Å². The molecule has 0 bridgehead atoms. The summed E-state index contributed by atoms with van der Waals surface area (Å²) in [5, 5.41) is 9.05. The fraction of sp³-hybridized carbons (Fsp3) is 0.467. The second kappa shape index (κ2) is 6.41. The van der Waals surface area contributed by atoms with Gasteiger partial charge in [-0.2, -0.15) is 0 Å². The van der Waals surface area contributed by atoms with Gasteiger partial charge in [-0.05, 0) is 44.0 Å². The average molecular weight is 277 g/mol. The SMILES string of the molecule is CCOc1ccc(C(=O)N2CCC[C@H](C(=O)O)C2)cc1. The Hall–Kier alpha value is -2.04. The highest BCUT2D eigenvalue weighted by molar-refractivity contribution is 5.94. The zero-order valence-electron chi connectivity index (χ0n) is 11.5. The molecule has 0 aromatic heterocycles. The summed E-state index contributed by atoms with van der Waals surface area (Å²) >= 11 is 0. The first-order chi connectivity index (χ1) is 9.61. The molecule has 1 aromatic rings. The van der Waals surface area contributed by atoms with Gasteiger partial charge in [-0.25, -0.2) is 0 Å². The Morgan fingerprint density at radius 3 is 2.65 bits per heavy atom. The lowest BCUT2D eigenvalue weighted by molar-refractivity contribution is -0.143. The topological polar surface area (TPSA) is 66.8 Å². The Morgan fingerprint density at radius 2 is 2.05 bits per heavy atom. The number of carboxylic acid groups (broad SMARTS) is 1. The van der Waals surface area contributed by atoms with Gasteiger partial charge in [0.2, 0.25) is 0 Å². The van der Waals surface area contributed by atoms with Gasteiger partial charge in [-0.15, -0.1) is 0 Å². The van der Waals surface area contributed by atoms with Crippen molar-refractivity contribution in [3.05, 3.63) is 29.8 Å². The summed E-state index contributed by atoms with van der Waals surface area (Å²) in [6.07, 6.45) is 1.38. The molecule has 1 N–H and O–H groups in total. The average Bonchev–Trinajstić information content (AvgIpc) is 2.48. The number of hydrogen-bond acceptors (Lipinski definition) is 3. The van der Waals surface area contributed by atoms with E-state index < -0.39 is 11.9 Å². The van der Waals surface area contributed by atoms with Crippen molar-refractivity contribution in [3.8, 4) is 5.75 Å². The van der Waals surface area contributed by atoms with Crippen molar-refractivity contribution in [3.63, 3.8) is 0 Å². The Kier molecular flexibility index (Phi) is 4.61. The quantitative estimate of drug-likeness (QED) is 0.914. The molecular formula is C15H19NO4. The molecule has 1 heterocycles. The van der Waals surface area contributed by atoms with Crippen LogP contribution in [0.15, 0.2) is 24.3 Å². The van der Waals surface area contributed by atoms with Crippen molar-refractivity contribution in [1.29, 1.82) is 0 Å². The van der Waals surface area contributed by atoms with E-state index in [9.17, 15) is 9.59 Å². The number of rotatable bonds is 4. The van der Waals surface area contributed by atoms with Gasteiger partial charge in [0.05, 0.1) is 12.5 Å². The Labute approximate surface area is 118 Å². The number of hydrogen-bond donors (Lipinski definition) is 1. The minimum atomic E-state index is -0.825. The van der Waals surface area contributed by atoms with Gasteiger partial charge in [-0.1, -0.05) is 0 Å². The van der Waals surface area contributed by atoms with Crippen LogP contribution in [0.1, 0.15) is 30.1 Å². The lowest BCUT2D eigenvalue weighted by Gasteiger charge is -2.30. The number of aliphatic carboxylic acids is 1. The minimum absolute atomic E-state index is 0.112. The van der Waals surface area contributed by atoms with E-state index in [1.807, 2.05) is 6.92 Å². The molecule has 5 heteroatoms. The molecule has 2 rings (SSSR count). The summed E-state index contributed by atoms with van der Waals surface area (Å²) in [6, 6.07) is 6.96. The lowest BCUT2D eigenvalue weighted by atomic mass is 9.97. The maximum Gasteiger partial charge on any atom is 0.308 e. The van der Waals surface area contributed by atoms with E-state index in [0.717, 1.165) is 12.2 Å². The molecule has 1 amide bonds. The standard InChI is InChI=1S/C15H19NO4/c1-2-20-13-7-5-11(6-8-13)14(17)16-9-3-4-12(10-16)15(18)19/h5-8,12H,2-4,9-10H2,1H3,(H,18,19)/t12-/m0/s1. The van der Waals surface area contributed by atoms with Gasteiger partial charge in [0.25, 0.3) is 5.91 Å². The van der Waals surface area contributed by atoms with E-state index in [2.05, 4.69) is 0 Å². The van der Waals surface area contributed by atoms with Gasteiger partial charge in [0.15, 0.2) is 0 Å². The second-order valence-electron chi connectivity index (χ2n) is 4.89. The second-order valence-corrected chi connectivity index (χ2v) is 4.89. The highest BCUT2D eigenvalue weighted by Gasteiger charge is 2.28. The summed E-state index contributed by atoms with van der Waals surface area (Å²) < 4.78 is 5.33. The summed E-state index contributed by atoms with van der Waals surface area (Å²) in [6.45, 7) is 3.40. The molecular weight excluding hydrogens is 258 g/mol. The summed E-state index contributed by atoms with van der Waals surface area (Å²) in [5.74, 6) is -0.658. The zero-order valence-corrected chi connectivity index (χ0v) is 11.5. The number of carbonyl (C=O) groups is 2. The van der Waals surface area contributed by atoms with E-state index in [-0.39, 0.29) is 5.91 Å². The Morgan fingerprint density at radius 1 is 1.35 bits per heavy atom. The van der Waals surface area contributed by atoms with Crippen LogP contribution in [0, 0.1) is 5.92 Å². The summed E-state index contributed by atoms with van der Waals surface area (Å²) in [5.41, 5.74) is 0.569. The molecule has 1 aliphatic rings. The number of amides is 1. The van der Waals surface area contributed by atoms with Crippen molar-refractivity contribution >= 4 is 11.9 Å². The van der Waals surface area contributed by atoms with Gasteiger partial charge < -0.3 is 14.7 Å². The predicted octanol–water partition coefficient (Wildman–Crippen LogP) is 2.02. The number of nitrogens with zero attached hydrogens (tertiary/aromatic N) is 1. The predicted molar refractivity (Wildman–Crippen MR) is 73.9 cm³/mol. The van der Waals surface area contributed by atoms with Gasteiger partial charge in [0.1, 0.15) is 5.75 Å². The molecule has 0 aliphatic carbocycles. The first-order valence-electron chi connectivity index (χ1n) is 6.86. The molecule has 0 saturated carbocycles. The van der Waals surface area contributed by atoms with Crippen LogP contribution in [0.2, 0.25) is 0 Å². The number of piperidine rings is 1. The number of ether oxygens (including phenoxy) is 1. The summed E-state index contributed by atoms with van der Waals surface area (Å²) in [4.78, 5) is 25.0. The fourth-order valence-corrected chi connectivity index (χ4v) is 2.41. The normalized spacial score (nSPS) is 18.6. The van der Waals surface area contributed by atoms with Crippen LogP contribution < -0.4 is 4.74 Å². The molecule has 20 heavy (non-hydrogen) atoms. The highest BCUT2D eigenvalue weighted by Crippen LogP contribution is 2.20. The first-order valence-corrected chi connectivity index (χ1v) is 6.86. The van der Waals surface area contributed by atoms with Crippen molar-refractivity contribution < 1.29 is 19.4 Å². The third kappa shape index (κ3) is 3.29. The maximum absolute atomic E-state index is 12.3. The van der Waals surface area contributed by atoms with Gasteiger partial charge >= 0.3 is 5.97 Å². The molecule has 0 unspecified atom stereocenters. The summed E-state index contributed by atoms with van der Waals surface area (Å²) in [7, 11) is 0. The third-order valence-corrected chi connectivity index (χ3v) is 3.47. The van der Waals surface area contributed by atoms with E-state index in [1.165, 1.54) is 0 Å². The molecule has 108 valence electrons. The minimum Gasteiger partial charge on any atom is -0.494 e. The number of carboxylic acids is 1. The molecule has 1 atom stereocenters. The van der Waals surface area contributed by atoms with Crippen LogP contribution in [-0.4, -0.2) is 41.6 Å². The van der Waals surface area contributed by atoms with E-state index >= 15 is 0 Å². The van der Waals surface area contributed by atoms with Crippen molar-refractivity contribution in [2.45, 2.75) is 19.8 Å². The molecule has 1 fully saturated rings. The number of likely N-dealkylation sites (tertiary alicyclic amines) is 1. The zero-order chi connectivity index (χ0) is 14.5. The van der Waals surface area contributed by atoms with Crippen LogP contribution in [0.3, 0.4) is 0 Å². The molecule has 0 spiro atoms. The molecule has 1 aliphatic heterocycles. The molecule has 5 nitrogen and oxygen atoms in total. The lowest BCUT2D eigenvalue weighted by Crippen LogP contribution is -2.42. The van der Waals surface area contributed by atoms with Crippen molar-refractivity contribution in [2.75, 3.05) is 19.7 Å². The van der Waals surface area contributed by atoms with Gasteiger partial charge in [-0.3, -0.25) is 9.59 Å². The smallest absolute Gasteiger partial charge is 0.308 e. The van der Waals surface area contributed by atoms with Crippen LogP contribution in [0.4, 0.5) is 0 Å². The van der Waals surface area contributed by atoms with Crippen LogP contribution in [-0.2, 0) is 4.79 Å². The fourth-order valence-electron chi connectivity index (χ4n) is 2.41. The molecule has 1 saturated heterocycles. The number of benzene rings is 1. The number of carbonyl (C=O) groups excluding carboxylic acids is 1. The Bertz CT molecular complexity index is 483. The van der Waals surface area contributed by atoms with Crippen LogP contribution in [0.5, 0.6) is 5.75 Å². The van der Waals surface area contributed by atoms with E-state index in [4.69, 9.17) is 9.84 Å². The van der Waals surface area contributed by atoms with Crippen LogP contribution in [0.25, 0.3) is 0 Å². The third-order valence-electron chi connectivity index (χ3n) is 3.47. The molecule has 0 radical (unpaired) electrons. The van der Waals surface area contributed by atoms with Crippen molar-refractivity contribution in [2.24, 2.45) is 5.92 Å². The highest BCUT2D eigenvalue weighted by atomic mass is 16.5. The largest absolute Gasteiger partial charge is 0.494 e. The van der Waals surface area contributed by atoms with Crippen molar-refractivity contribution in [1.82, 2.24) is 4.90 Å². The maximum atomic E-state index is 12.3. The molecule has 1 aromatic carbocycles. The van der Waals surface area contributed by atoms with Crippen LogP contribution >= 0.6 is 0 Å². The monoisotopic (exact) mass is 277 g/mol.